The van der Waals surface area contributed by atoms with Gasteiger partial charge in [0.15, 0.2) is 0 Å². The molecule has 0 saturated heterocycles. The second-order valence-corrected chi connectivity index (χ2v) is 0. The number of hydrogen-bond acceptors (Lipinski definition) is 0. The molecule has 0 aliphatic rings. The Kier molecular flexibility index (Phi) is 94.2. The molecule has 0 unspecified atom stereocenters. The van der Waals surface area contributed by atoms with Crippen molar-refractivity contribution in [2.45, 2.75) is 0 Å². The van der Waals surface area contributed by atoms with E-state index in [4.69, 9.17) is 0 Å². The van der Waals surface area contributed by atoms with Crippen molar-refractivity contribution in [1.29, 1.82) is 0 Å². The maximum absolute atomic E-state index is 0. The minimum absolute atomic E-state index is 0. The summed E-state index contributed by atoms with van der Waals surface area (Å²) in [6, 6.07) is 0. The van der Waals surface area contributed by atoms with Crippen LogP contribution in [0.2, 0.25) is 0 Å². The molecule has 0 radical (unpaired) electrons. The molecule has 8 valence electrons. The fraction of sp³-hybridized carbons (Fsp3) is 0. The monoisotopic (exact) mass is 96.0 g/mol. The van der Waals surface area contributed by atoms with Crippen LogP contribution < -0.4 is 0 Å². The Morgan fingerprint density at radius 3 is 0.750 bits per heavy atom. The molecule has 0 N–H and O–H groups in total. The molecule has 0 amide bonds. The summed E-state index contributed by atoms with van der Waals surface area (Å²) in [5.74, 6) is 0. The van der Waals surface area contributed by atoms with Gasteiger partial charge < -0.3 is 0 Å². The van der Waals surface area contributed by atoms with Crippen LogP contribution in [0, 0.1) is 0 Å². The maximum atomic E-state index is 0. The van der Waals surface area contributed by atoms with Crippen molar-refractivity contribution in [1.82, 2.24) is 0 Å². The zero-order valence-electron chi connectivity index (χ0n) is 0. The predicted molar refractivity (Wildman–Crippen MR) is 28.6 cm³/mol. The first-order valence-electron chi connectivity index (χ1n) is 0. The molecule has 0 aliphatic heterocycles. The van der Waals surface area contributed by atoms with E-state index < -0.39 is 0 Å². The topological polar surface area (TPSA) is 0 Å². The van der Waals surface area contributed by atoms with Crippen molar-refractivity contribution in [2.24, 2.45) is 0 Å². The third kappa shape index (κ3) is 9.53. The first-order valence-corrected chi connectivity index (χ1v) is 0. The van der Waals surface area contributed by atoms with Crippen LogP contribution in [-0.2, 0) is 0 Å². The molecule has 4 heteroatoms. The standard InChI is InChI=1S/K.Li.2Na.4H. The van der Waals surface area contributed by atoms with E-state index in [1.165, 1.54) is 0 Å². The predicted octanol–water partition coefficient (Wildman–Crippen LogP) is -2.59. The van der Waals surface area contributed by atoms with Gasteiger partial charge in [-0.25, -0.2) is 0 Å². The van der Waals surface area contributed by atoms with Gasteiger partial charge in [-0.05, 0) is 0 Å². The molecule has 0 spiro atoms. The normalized spacial score (nSPS) is 0. The summed E-state index contributed by atoms with van der Waals surface area (Å²) in [6.45, 7) is 0. The van der Waals surface area contributed by atoms with Gasteiger partial charge in [-0.2, -0.15) is 0 Å². The van der Waals surface area contributed by atoms with Gasteiger partial charge in [-0.3, -0.25) is 0 Å². The zero-order valence-corrected chi connectivity index (χ0v) is 0. The van der Waals surface area contributed by atoms with Gasteiger partial charge in [0.05, 0.1) is 0 Å². The van der Waals surface area contributed by atoms with E-state index in [1.54, 1.807) is 0 Å². The van der Waals surface area contributed by atoms with Crippen molar-refractivity contribution in [3.63, 3.8) is 0 Å². The molecule has 0 aromatic rings. The summed E-state index contributed by atoms with van der Waals surface area (Å²) in [6.07, 6.45) is 0. The fourth-order valence-electron chi connectivity index (χ4n) is 0. The molecule has 4 heavy (non-hydrogen) atoms. The summed E-state index contributed by atoms with van der Waals surface area (Å²) in [5.41, 5.74) is 0. The summed E-state index contributed by atoms with van der Waals surface area (Å²) < 4.78 is 0. The summed E-state index contributed by atoms with van der Waals surface area (Å²) in [7, 11) is 0. The van der Waals surface area contributed by atoms with Gasteiger partial charge in [-0.15, -0.1) is 0 Å². The van der Waals surface area contributed by atoms with Crippen LogP contribution >= 0.6 is 0 Å². The Morgan fingerprint density at radius 2 is 0.750 bits per heavy atom. The van der Waals surface area contributed by atoms with E-state index in [0.29, 0.717) is 0 Å². The van der Waals surface area contributed by atoms with Crippen molar-refractivity contribution < 1.29 is 0 Å². The molecule has 0 heterocycles. The average Bonchev–Trinajstić information content (AvgIpc) is 0. The Bertz CT molecular complexity index is 6.00. The van der Waals surface area contributed by atoms with Crippen LogP contribution in [-0.4, -0.2) is 129 Å². The van der Waals surface area contributed by atoms with E-state index in [-0.39, 0.29) is 129 Å². The van der Waals surface area contributed by atoms with Gasteiger partial charge in [0.2, 0.25) is 0 Å². The summed E-state index contributed by atoms with van der Waals surface area (Å²) in [4.78, 5) is 0. The van der Waals surface area contributed by atoms with Gasteiger partial charge in [0, 0.05) is 0 Å². The van der Waals surface area contributed by atoms with Crippen molar-refractivity contribution >= 4 is 129 Å². The Labute approximate surface area is 125 Å². The first kappa shape index (κ1) is 24.0. The van der Waals surface area contributed by atoms with Crippen LogP contribution in [0.4, 0.5) is 0 Å². The van der Waals surface area contributed by atoms with E-state index in [9.17, 15) is 0 Å². The van der Waals surface area contributed by atoms with E-state index in [0.717, 1.165) is 0 Å². The molecule has 0 aromatic heterocycles. The van der Waals surface area contributed by atoms with Crippen LogP contribution in [0.3, 0.4) is 0 Å². The summed E-state index contributed by atoms with van der Waals surface area (Å²) in [5, 5.41) is 0. The van der Waals surface area contributed by atoms with E-state index in [2.05, 4.69) is 0 Å². The quantitative estimate of drug-likeness (QED) is 0.290. The van der Waals surface area contributed by atoms with Crippen molar-refractivity contribution in [3.05, 3.63) is 0 Å². The first-order chi connectivity index (χ1) is 0. The SMILES string of the molecule is [KH].[LiH].[NaH].[NaH]. The van der Waals surface area contributed by atoms with Crippen LogP contribution in [0.1, 0.15) is 0 Å². The Morgan fingerprint density at radius 1 is 0.750 bits per heavy atom. The third-order valence-electron chi connectivity index (χ3n) is 0. The van der Waals surface area contributed by atoms with Crippen LogP contribution in [0.25, 0.3) is 0 Å². The molecule has 0 fully saturated rings. The van der Waals surface area contributed by atoms with Gasteiger partial charge in [0.25, 0.3) is 0 Å². The average molecular weight is 96.1 g/mol. The fourth-order valence-corrected chi connectivity index (χ4v) is 0. The second kappa shape index (κ2) is 15.7. The number of rotatable bonds is 0. The van der Waals surface area contributed by atoms with Gasteiger partial charge in [-0.1, -0.05) is 0 Å². The van der Waals surface area contributed by atoms with Gasteiger partial charge >= 0.3 is 129 Å². The van der Waals surface area contributed by atoms with Crippen molar-refractivity contribution in [3.8, 4) is 0 Å². The molecule has 0 aromatic carbocycles. The Hall–Kier alpha value is 4.23. The molecular weight excluding hydrogens is 92.0 g/mol. The molecule has 0 rings (SSSR count). The zero-order chi connectivity index (χ0) is 0. The van der Waals surface area contributed by atoms with E-state index >= 15 is 0 Å². The van der Waals surface area contributed by atoms with Crippen LogP contribution in [0.15, 0.2) is 0 Å². The number of hydrogen-bond donors (Lipinski definition) is 0. The molecule has 0 saturated carbocycles. The molecule has 0 atom stereocenters. The minimum atomic E-state index is 0. The van der Waals surface area contributed by atoms with Gasteiger partial charge in [0.1, 0.15) is 0 Å². The molecular formula is H4KLiNa2. The van der Waals surface area contributed by atoms with Crippen molar-refractivity contribution in [2.75, 3.05) is 0 Å². The third-order valence-corrected chi connectivity index (χ3v) is 0. The molecule has 0 bridgehead atoms. The molecule has 0 nitrogen and oxygen atoms in total. The van der Waals surface area contributed by atoms with E-state index in [1.807, 2.05) is 0 Å². The molecule has 0 aliphatic carbocycles. The second-order valence-electron chi connectivity index (χ2n) is 0. The van der Waals surface area contributed by atoms with Crippen LogP contribution in [0.5, 0.6) is 0 Å². The Balaban J connectivity index is 0. The summed E-state index contributed by atoms with van der Waals surface area (Å²) >= 11 is 0.